The molecule has 1 aromatic rings. The Morgan fingerprint density at radius 3 is 2.64 bits per heavy atom. The SMILES string of the molecule is OC[C@H]1CCC[C@H](c2ccccc2)C1. The minimum Gasteiger partial charge on any atom is -0.396 e. The molecule has 0 saturated heterocycles. The molecule has 0 amide bonds. The molecule has 0 unspecified atom stereocenters. The zero-order valence-corrected chi connectivity index (χ0v) is 8.52. The Labute approximate surface area is 85.8 Å². The summed E-state index contributed by atoms with van der Waals surface area (Å²) in [7, 11) is 0. The molecule has 0 aromatic heterocycles. The number of hydrogen-bond acceptors (Lipinski definition) is 1. The first-order valence-electron chi connectivity index (χ1n) is 5.56. The van der Waals surface area contributed by atoms with Crippen molar-refractivity contribution in [2.75, 3.05) is 6.61 Å². The standard InChI is InChI=1S/C13H18O/c14-10-11-5-4-8-13(9-11)12-6-2-1-3-7-12/h1-3,6-7,11,13-14H,4-5,8-10H2/t11-,13-/m0/s1. The van der Waals surface area contributed by atoms with E-state index in [1.165, 1.54) is 31.2 Å². The van der Waals surface area contributed by atoms with Gasteiger partial charge in [-0.25, -0.2) is 0 Å². The van der Waals surface area contributed by atoms with Gasteiger partial charge >= 0.3 is 0 Å². The van der Waals surface area contributed by atoms with Crippen LogP contribution in [0.5, 0.6) is 0 Å². The lowest BCUT2D eigenvalue weighted by Crippen LogP contribution is -2.16. The van der Waals surface area contributed by atoms with E-state index in [0.717, 1.165) is 0 Å². The molecule has 14 heavy (non-hydrogen) atoms. The molecule has 1 aliphatic rings. The van der Waals surface area contributed by atoms with Gasteiger partial charge in [0.2, 0.25) is 0 Å². The third-order valence-electron chi connectivity index (χ3n) is 3.31. The van der Waals surface area contributed by atoms with Crippen LogP contribution in [-0.4, -0.2) is 11.7 Å². The van der Waals surface area contributed by atoms with Crippen molar-refractivity contribution < 1.29 is 5.11 Å². The predicted octanol–water partition coefficient (Wildman–Crippen LogP) is 2.95. The summed E-state index contributed by atoms with van der Waals surface area (Å²) >= 11 is 0. The summed E-state index contributed by atoms with van der Waals surface area (Å²) in [5, 5.41) is 9.16. The van der Waals surface area contributed by atoms with Gasteiger partial charge < -0.3 is 5.11 Å². The smallest absolute Gasteiger partial charge is 0.0459 e. The number of rotatable bonds is 2. The molecule has 2 rings (SSSR count). The highest BCUT2D eigenvalue weighted by atomic mass is 16.3. The van der Waals surface area contributed by atoms with E-state index >= 15 is 0 Å². The maximum absolute atomic E-state index is 9.16. The van der Waals surface area contributed by atoms with E-state index in [2.05, 4.69) is 30.3 Å². The van der Waals surface area contributed by atoms with E-state index in [1.54, 1.807) is 0 Å². The third-order valence-corrected chi connectivity index (χ3v) is 3.31. The molecule has 0 radical (unpaired) electrons. The summed E-state index contributed by atoms with van der Waals surface area (Å²) in [6.07, 6.45) is 4.94. The molecular weight excluding hydrogens is 172 g/mol. The normalized spacial score (nSPS) is 27.5. The zero-order chi connectivity index (χ0) is 9.80. The van der Waals surface area contributed by atoms with Gasteiger partial charge in [-0.15, -0.1) is 0 Å². The first-order valence-corrected chi connectivity index (χ1v) is 5.56. The van der Waals surface area contributed by atoms with Gasteiger partial charge in [0.25, 0.3) is 0 Å². The van der Waals surface area contributed by atoms with Crippen LogP contribution in [0.25, 0.3) is 0 Å². The van der Waals surface area contributed by atoms with Crippen molar-refractivity contribution in [1.29, 1.82) is 0 Å². The van der Waals surface area contributed by atoms with Gasteiger partial charge in [0, 0.05) is 6.61 Å². The summed E-state index contributed by atoms with van der Waals surface area (Å²) in [5.41, 5.74) is 1.45. The Balaban J connectivity index is 2.04. The van der Waals surface area contributed by atoms with Crippen molar-refractivity contribution in [3.63, 3.8) is 0 Å². The highest BCUT2D eigenvalue weighted by Crippen LogP contribution is 2.35. The van der Waals surface area contributed by atoms with Gasteiger partial charge in [0.1, 0.15) is 0 Å². The molecular formula is C13H18O. The van der Waals surface area contributed by atoms with Gasteiger partial charge in [-0.05, 0) is 36.7 Å². The highest BCUT2D eigenvalue weighted by Gasteiger charge is 2.22. The van der Waals surface area contributed by atoms with Crippen LogP contribution in [-0.2, 0) is 0 Å². The maximum Gasteiger partial charge on any atom is 0.0459 e. The fourth-order valence-corrected chi connectivity index (χ4v) is 2.48. The summed E-state index contributed by atoms with van der Waals surface area (Å²) in [6.45, 7) is 0.364. The van der Waals surface area contributed by atoms with Crippen LogP contribution in [0.3, 0.4) is 0 Å². The Hall–Kier alpha value is -0.820. The second-order valence-corrected chi connectivity index (χ2v) is 4.32. The van der Waals surface area contributed by atoms with E-state index in [0.29, 0.717) is 18.4 Å². The van der Waals surface area contributed by atoms with Crippen LogP contribution in [0.15, 0.2) is 30.3 Å². The highest BCUT2D eigenvalue weighted by molar-refractivity contribution is 5.19. The van der Waals surface area contributed by atoms with Crippen molar-refractivity contribution >= 4 is 0 Å². The van der Waals surface area contributed by atoms with Crippen LogP contribution in [0, 0.1) is 5.92 Å². The van der Waals surface area contributed by atoms with Gasteiger partial charge in [-0.3, -0.25) is 0 Å². The molecule has 2 atom stereocenters. The largest absolute Gasteiger partial charge is 0.396 e. The molecule has 0 heterocycles. The minimum absolute atomic E-state index is 0.364. The Kier molecular flexibility index (Phi) is 3.20. The molecule has 76 valence electrons. The molecule has 0 bridgehead atoms. The average molecular weight is 190 g/mol. The van der Waals surface area contributed by atoms with Crippen LogP contribution in [0.2, 0.25) is 0 Å². The van der Waals surface area contributed by atoms with E-state index in [-0.39, 0.29) is 0 Å². The molecule has 1 heteroatoms. The first kappa shape index (κ1) is 9.72. The first-order chi connectivity index (χ1) is 6.90. The molecule has 1 fully saturated rings. The number of aliphatic hydroxyl groups is 1. The lowest BCUT2D eigenvalue weighted by molar-refractivity contribution is 0.180. The summed E-state index contributed by atoms with van der Waals surface area (Å²) in [5.74, 6) is 1.22. The molecule has 1 saturated carbocycles. The van der Waals surface area contributed by atoms with Gasteiger partial charge in [0.15, 0.2) is 0 Å². The topological polar surface area (TPSA) is 20.2 Å². The second-order valence-electron chi connectivity index (χ2n) is 4.32. The molecule has 1 aliphatic carbocycles. The Bertz CT molecular complexity index is 268. The third kappa shape index (κ3) is 2.16. The van der Waals surface area contributed by atoms with Crippen molar-refractivity contribution in [3.05, 3.63) is 35.9 Å². The number of aliphatic hydroxyl groups excluding tert-OH is 1. The molecule has 0 spiro atoms. The Morgan fingerprint density at radius 2 is 1.93 bits per heavy atom. The molecule has 1 nitrogen and oxygen atoms in total. The molecule has 1 aromatic carbocycles. The van der Waals surface area contributed by atoms with Crippen LogP contribution < -0.4 is 0 Å². The Morgan fingerprint density at radius 1 is 1.14 bits per heavy atom. The second kappa shape index (κ2) is 4.61. The average Bonchev–Trinajstić information content (AvgIpc) is 2.30. The minimum atomic E-state index is 0.364. The van der Waals surface area contributed by atoms with Gasteiger partial charge in [0.05, 0.1) is 0 Å². The van der Waals surface area contributed by atoms with Crippen molar-refractivity contribution in [1.82, 2.24) is 0 Å². The molecule has 1 N–H and O–H groups in total. The predicted molar refractivity (Wildman–Crippen MR) is 58.2 cm³/mol. The lowest BCUT2D eigenvalue weighted by atomic mass is 9.78. The maximum atomic E-state index is 9.16. The monoisotopic (exact) mass is 190 g/mol. The van der Waals surface area contributed by atoms with Crippen LogP contribution in [0.4, 0.5) is 0 Å². The van der Waals surface area contributed by atoms with Crippen LogP contribution >= 0.6 is 0 Å². The van der Waals surface area contributed by atoms with E-state index in [1.807, 2.05) is 0 Å². The summed E-state index contributed by atoms with van der Waals surface area (Å²) in [6, 6.07) is 10.7. The summed E-state index contributed by atoms with van der Waals surface area (Å²) in [4.78, 5) is 0. The number of benzene rings is 1. The fraction of sp³-hybridized carbons (Fsp3) is 0.538. The quantitative estimate of drug-likeness (QED) is 0.760. The number of hydrogen-bond donors (Lipinski definition) is 1. The van der Waals surface area contributed by atoms with Crippen LogP contribution in [0.1, 0.15) is 37.2 Å². The van der Waals surface area contributed by atoms with E-state index < -0.39 is 0 Å². The van der Waals surface area contributed by atoms with Crippen molar-refractivity contribution in [2.24, 2.45) is 5.92 Å². The van der Waals surface area contributed by atoms with E-state index in [9.17, 15) is 0 Å². The van der Waals surface area contributed by atoms with Gasteiger partial charge in [-0.2, -0.15) is 0 Å². The fourth-order valence-electron chi connectivity index (χ4n) is 2.48. The molecule has 0 aliphatic heterocycles. The lowest BCUT2D eigenvalue weighted by Gasteiger charge is -2.28. The summed E-state index contributed by atoms with van der Waals surface area (Å²) < 4.78 is 0. The van der Waals surface area contributed by atoms with Crippen molar-refractivity contribution in [2.45, 2.75) is 31.6 Å². The van der Waals surface area contributed by atoms with E-state index in [4.69, 9.17) is 5.11 Å². The van der Waals surface area contributed by atoms with Gasteiger partial charge in [-0.1, -0.05) is 36.8 Å². The zero-order valence-electron chi connectivity index (χ0n) is 8.52. The van der Waals surface area contributed by atoms with Crippen molar-refractivity contribution in [3.8, 4) is 0 Å².